The lowest BCUT2D eigenvalue weighted by Gasteiger charge is -2.36. The fourth-order valence-corrected chi connectivity index (χ4v) is 4.02. The van der Waals surface area contributed by atoms with Crippen molar-refractivity contribution in [2.24, 2.45) is 0 Å². The standard InChI is InChI=1S/C13H16ClF2NO2S/c14-7-2-8-17(10-3-1-4-10)20(18,19)11-5-6-12(15)13(16)9-11/h5-6,9-10H,1-4,7-8H2. The van der Waals surface area contributed by atoms with Crippen LogP contribution in [-0.2, 0) is 10.0 Å². The molecule has 1 aliphatic carbocycles. The van der Waals surface area contributed by atoms with Crippen molar-refractivity contribution in [1.29, 1.82) is 0 Å². The molecular weight excluding hydrogens is 308 g/mol. The van der Waals surface area contributed by atoms with Crippen molar-refractivity contribution < 1.29 is 17.2 Å². The number of rotatable bonds is 6. The minimum Gasteiger partial charge on any atom is -0.207 e. The Bertz CT molecular complexity index is 576. The molecule has 1 aromatic carbocycles. The molecule has 1 saturated carbocycles. The van der Waals surface area contributed by atoms with Crippen LogP contribution in [0.5, 0.6) is 0 Å². The van der Waals surface area contributed by atoms with Crippen molar-refractivity contribution >= 4 is 21.6 Å². The van der Waals surface area contributed by atoms with E-state index in [1.54, 1.807) is 0 Å². The van der Waals surface area contributed by atoms with Crippen LogP contribution in [0.4, 0.5) is 8.78 Å². The monoisotopic (exact) mass is 323 g/mol. The molecule has 2 rings (SSSR count). The highest BCUT2D eigenvalue weighted by Gasteiger charge is 2.34. The lowest BCUT2D eigenvalue weighted by Crippen LogP contribution is -2.44. The molecule has 1 aromatic rings. The Kier molecular flexibility index (Phi) is 4.99. The first-order valence-corrected chi connectivity index (χ1v) is 8.47. The molecule has 0 aliphatic heterocycles. The van der Waals surface area contributed by atoms with Crippen molar-refractivity contribution in [3.63, 3.8) is 0 Å². The number of nitrogens with zero attached hydrogens (tertiary/aromatic N) is 1. The second-order valence-corrected chi connectivity index (χ2v) is 7.09. The molecule has 1 aliphatic rings. The van der Waals surface area contributed by atoms with Crippen LogP contribution in [0.25, 0.3) is 0 Å². The molecular formula is C13H16ClF2NO2S. The Hall–Kier alpha value is -0.720. The summed E-state index contributed by atoms with van der Waals surface area (Å²) >= 11 is 5.62. The third kappa shape index (κ3) is 3.13. The van der Waals surface area contributed by atoms with Gasteiger partial charge < -0.3 is 0 Å². The maximum Gasteiger partial charge on any atom is 0.243 e. The molecule has 0 aromatic heterocycles. The van der Waals surface area contributed by atoms with E-state index in [0.29, 0.717) is 18.8 Å². The van der Waals surface area contributed by atoms with Gasteiger partial charge in [-0.05, 0) is 37.5 Å². The van der Waals surface area contributed by atoms with Crippen LogP contribution in [-0.4, -0.2) is 31.2 Å². The second kappa shape index (κ2) is 6.37. The highest BCUT2D eigenvalue weighted by molar-refractivity contribution is 7.89. The van der Waals surface area contributed by atoms with Gasteiger partial charge in [0.15, 0.2) is 11.6 Å². The fraction of sp³-hybridized carbons (Fsp3) is 0.538. The second-order valence-electron chi connectivity index (χ2n) is 4.82. The number of sulfonamides is 1. The molecule has 0 spiro atoms. The van der Waals surface area contributed by atoms with Gasteiger partial charge in [0.1, 0.15) is 0 Å². The van der Waals surface area contributed by atoms with E-state index in [0.717, 1.165) is 37.5 Å². The summed E-state index contributed by atoms with van der Waals surface area (Å²) in [6.07, 6.45) is 3.10. The molecule has 0 saturated heterocycles. The molecule has 20 heavy (non-hydrogen) atoms. The number of hydrogen-bond acceptors (Lipinski definition) is 2. The predicted molar refractivity (Wildman–Crippen MR) is 73.2 cm³/mol. The summed E-state index contributed by atoms with van der Waals surface area (Å²) in [6, 6.07) is 2.61. The highest BCUT2D eigenvalue weighted by Crippen LogP contribution is 2.30. The van der Waals surface area contributed by atoms with E-state index in [-0.39, 0.29) is 10.9 Å². The Morgan fingerprint density at radius 1 is 1.25 bits per heavy atom. The molecule has 0 N–H and O–H groups in total. The van der Waals surface area contributed by atoms with E-state index in [4.69, 9.17) is 11.6 Å². The summed E-state index contributed by atoms with van der Waals surface area (Å²) in [5.74, 6) is -1.85. The molecule has 0 atom stereocenters. The SMILES string of the molecule is O=S(=O)(c1ccc(F)c(F)c1)N(CCCCl)C1CCC1. The van der Waals surface area contributed by atoms with Crippen LogP contribution in [0.2, 0.25) is 0 Å². The average molecular weight is 324 g/mol. The van der Waals surface area contributed by atoms with E-state index in [1.165, 1.54) is 4.31 Å². The molecule has 3 nitrogen and oxygen atoms in total. The molecule has 0 unspecified atom stereocenters. The summed E-state index contributed by atoms with van der Waals surface area (Å²) in [4.78, 5) is -0.210. The van der Waals surface area contributed by atoms with Gasteiger partial charge in [0.2, 0.25) is 10.0 Å². The van der Waals surface area contributed by atoms with Gasteiger partial charge in [0, 0.05) is 18.5 Å². The van der Waals surface area contributed by atoms with Gasteiger partial charge in [0.05, 0.1) is 4.90 Å². The maximum atomic E-state index is 13.2. The minimum atomic E-state index is -3.80. The lowest BCUT2D eigenvalue weighted by atomic mass is 9.93. The Balaban J connectivity index is 2.30. The Morgan fingerprint density at radius 2 is 1.95 bits per heavy atom. The first-order chi connectivity index (χ1) is 9.46. The van der Waals surface area contributed by atoms with E-state index in [1.807, 2.05) is 0 Å². The van der Waals surface area contributed by atoms with E-state index in [9.17, 15) is 17.2 Å². The van der Waals surface area contributed by atoms with Gasteiger partial charge in [-0.2, -0.15) is 4.31 Å². The molecule has 7 heteroatoms. The van der Waals surface area contributed by atoms with Crippen LogP contribution < -0.4 is 0 Å². The Morgan fingerprint density at radius 3 is 2.45 bits per heavy atom. The van der Waals surface area contributed by atoms with E-state index in [2.05, 4.69) is 0 Å². The average Bonchev–Trinajstić information content (AvgIpc) is 2.35. The predicted octanol–water partition coefficient (Wildman–Crippen LogP) is 3.14. The highest BCUT2D eigenvalue weighted by atomic mass is 35.5. The number of halogens is 3. The van der Waals surface area contributed by atoms with Crippen molar-refractivity contribution in [1.82, 2.24) is 4.31 Å². The van der Waals surface area contributed by atoms with Crippen molar-refractivity contribution in [2.75, 3.05) is 12.4 Å². The minimum absolute atomic E-state index is 0.0590. The zero-order valence-corrected chi connectivity index (χ0v) is 12.4. The van der Waals surface area contributed by atoms with E-state index < -0.39 is 21.7 Å². The van der Waals surface area contributed by atoms with Crippen molar-refractivity contribution in [3.05, 3.63) is 29.8 Å². The van der Waals surface area contributed by atoms with Gasteiger partial charge in [-0.1, -0.05) is 6.42 Å². The van der Waals surface area contributed by atoms with E-state index >= 15 is 0 Å². The number of alkyl halides is 1. The molecule has 0 heterocycles. The van der Waals surface area contributed by atoms with Crippen molar-refractivity contribution in [2.45, 2.75) is 36.6 Å². The van der Waals surface area contributed by atoms with Gasteiger partial charge in [0.25, 0.3) is 0 Å². The summed E-state index contributed by atoms with van der Waals surface area (Å²) < 4.78 is 52.6. The van der Waals surface area contributed by atoms with Crippen LogP contribution in [0.1, 0.15) is 25.7 Å². The molecule has 0 bridgehead atoms. The first kappa shape index (κ1) is 15.7. The third-order valence-electron chi connectivity index (χ3n) is 3.49. The summed E-state index contributed by atoms with van der Waals surface area (Å²) in [5, 5.41) is 0. The molecule has 0 amide bonds. The van der Waals surface area contributed by atoms with Crippen LogP contribution >= 0.6 is 11.6 Å². The largest absolute Gasteiger partial charge is 0.243 e. The normalized spacial score (nSPS) is 16.4. The zero-order valence-electron chi connectivity index (χ0n) is 10.9. The van der Waals surface area contributed by atoms with Crippen LogP contribution in [0.3, 0.4) is 0 Å². The van der Waals surface area contributed by atoms with Gasteiger partial charge in [-0.3, -0.25) is 0 Å². The van der Waals surface area contributed by atoms with Crippen LogP contribution in [0, 0.1) is 11.6 Å². The number of hydrogen-bond donors (Lipinski definition) is 0. The summed E-state index contributed by atoms with van der Waals surface area (Å²) in [5.41, 5.74) is 0. The lowest BCUT2D eigenvalue weighted by molar-refractivity contribution is 0.220. The summed E-state index contributed by atoms with van der Waals surface area (Å²) in [6.45, 7) is 0.301. The van der Waals surface area contributed by atoms with Gasteiger partial charge in [-0.25, -0.2) is 17.2 Å². The van der Waals surface area contributed by atoms with Crippen LogP contribution in [0.15, 0.2) is 23.1 Å². The van der Waals surface area contributed by atoms with Gasteiger partial charge >= 0.3 is 0 Å². The van der Waals surface area contributed by atoms with Gasteiger partial charge in [-0.15, -0.1) is 11.6 Å². The number of benzene rings is 1. The Labute approximate surface area is 122 Å². The molecule has 1 fully saturated rings. The smallest absolute Gasteiger partial charge is 0.207 e. The maximum absolute atomic E-state index is 13.2. The molecule has 0 radical (unpaired) electrons. The first-order valence-electron chi connectivity index (χ1n) is 6.49. The molecule has 112 valence electrons. The quantitative estimate of drug-likeness (QED) is 0.754. The van der Waals surface area contributed by atoms with Crippen molar-refractivity contribution in [3.8, 4) is 0 Å². The fourth-order valence-electron chi connectivity index (χ4n) is 2.16. The third-order valence-corrected chi connectivity index (χ3v) is 5.71. The zero-order chi connectivity index (χ0) is 14.8. The summed E-state index contributed by atoms with van der Waals surface area (Å²) in [7, 11) is -3.80. The topological polar surface area (TPSA) is 37.4 Å².